The summed E-state index contributed by atoms with van der Waals surface area (Å²) < 4.78 is 1.67. The normalized spacial score (nSPS) is 9.90. The number of rotatable bonds is 7. The number of hydrogen-bond acceptors (Lipinski definition) is 5. The molecular formula is C12H12N7OW-. The molecular weight excluding hydrogens is 442 g/mol. The molecule has 0 unspecified atom stereocenters. The van der Waals surface area contributed by atoms with Gasteiger partial charge in [-0.3, -0.25) is 0 Å². The summed E-state index contributed by atoms with van der Waals surface area (Å²) in [5.41, 5.74) is 0.673. The quantitative estimate of drug-likeness (QED) is 0.350. The maximum absolute atomic E-state index is 11.4. The van der Waals surface area contributed by atoms with E-state index >= 15 is 0 Å². The van der Waals surface area contributed by atoms with Crippen LogP contribution in [-0.2, 0) is 24.1 Å². The zero-order valence-corrected chi connectivity index (χ0v) is 14.2. The first-order valence-electron chi connectivity index (χ1n) is 5.70. The molecule has 0 aliphatic carbocycles. The molecule has 0 spiro atoms. The van der Waals surface area contributed by atoms with Crippen molar-refractivity contribution in [1.29, 1.82) is 0 Å². The van der Waals surface area contributed by atoms with E-state index in [9.17, 15) is 4.79 Å². The molecule has 0 saturated carbocycles. The molecule has 1 rings (SSSR count). The fourth-order valence-corrected chi connectivity index (χ4v) is 1.57. The van der Waals surface area contributed by atoms with Crippen molar-refractivity contribution in [3.8, 4) is 0 Å². The number of carbonyl (C=O) groups excluding carboxylic acids is 1. The van der Waals surface area contributed by atoms with Gasteiger partial charge in [-0.1, -0.05) is 0 Å². The molecule has 0 bridgehead atoms. The summed E-state index contributed by atoms with van der Waals surface area (Å²) in [7, 11) is 0. The fraction of sp³-hybridized carbons (Fsp3) is 0.250. The Hall–Kier alpha value is -2.26. The van der Waals surface area contributed by atoms with Gasteiger partial charge in [-0.15, -0.1) is 0 Å². The van der Waals surface area contributed by atoms with Crippen LogP contribution in [0.1, 0.15) is 5.69 Å². The zero-order valence-electron chi connectivity index (χ0n) is 11.3. The van der Waals surface area contributed by atoms with E-state index in [0.29, 0.717) is 11.5 Å². The van der Waals surface area contributed by atoms with E-state index in [1.807, 2.05) is 0 Å². The number of aromatic nitrogens is 2. The molecule has 0 fully saturated rings. The SMILES string of the molecule is [C-]#[N+]CN(CC(=O)N=C)c1cc(C)nc([N-]C=N[CH]=[W])n1. The van der Waals surface area contributed by atoms with E-state index in [4.69, 9.17) is 6.57 Å². The summed E-state index contributed by atoms with van der Waals surface area (Å²) in [5, 5.41) is 4.00. The number of nitrogens with zero attached hydrogens (tertiary/aromatic N) is 7. The predicted molar refractivity (Wildman–Crippen MR) is 77.7 cm³/mol. The van der Waals surface area contributed by atoms with E-state index in [1.54, 1.807) is 17.5 Å². The molecule has 0 aromatic carbocycles. The Balaban J connectivity index is 3.04. The molecule has 8 nitrogen and oxygen atoms in total. The van der Waals surface area contributed by atoms with Gasteiger partial charge < -0.3 is 0 Å². The van der Waals surface area contributed by atoms with E-state index < -0.39 is 5.91 Å². The Kier molecular flexibility index (Phi) is 7.05. The molecule has 0 atom stereocenters. The van der Waals surface area contributed by atoms with Crippen LogP contribution >= 0.6 is 0 Å². The Bertz CT molecular complexity index is 608. The molecule has 0 radical (unpaired) electrons. The van der Waals surface area contributed by atoms with E-state index in [-0.39, 0.29) is 19.2 Å². The number of amides is 1. The zero-order chi connectivity index (χ0) is 15.7. The summed E-state index contributed by atoms with van der Waals surface area (Å²) in [6, 6.07) is 1.67. The first kappa shape index (κ1) is 16.8. The van der Waals surface area contributed by atoms with Crippen LogP contribution in [0.25, 0.3) is 10.2 Å². The summed E-state index contributed by atoms with van der Waals surface area (Å²) in [5.74, 6) is 0.229. The van der Waals surface area contributed by atoms with Gasteiger partial charge in [0.1, 0.15) is 0 Å². The van der Waals surface area contributed by atoms with E-state index in [2.05, 4.69) is 36.8 Å². The van der Waals surface area contributed by atoms with Gasteiger partial charge in [-0.05, 0) is 0 Å². The molecule has 1 aromatic rings. The van der Waals surface area contributed by atoms with Crippen molar-refractivity contribution in [2.24, 2.45) is 9.98 Å². The fourth-order valence-electron chi connectivity index (χ4n) is 1.37. The number of hydrogen-bond donors (Lipinski definition) is 0. The van der Waals surface area contributed by atoms with Crippen molar-refractivity contribution in [2.45, 2.75) is 6.92 Å². The summed E-state index contributed by atoms with van der Waals surface area (Å²) in [6.07, 6.45) is 1.35. The minimum atomic E-state index is -0.432. The van der Waals surface area contributed by atoms with Crippen LogP contribution in [0.3, 0.4) is 0 Å². The van der Waals surface area contributed by atoms with Gasteiger partial charge in [0.05, 0.1) is 0 Å². The van der Waals surface area contributed by atoms with Crippen molar-refractivity contribution in [1.82, 2.24) is 9.97 Å². The molecule has 108 valence electrons. The third-order valence-electron chi connectivity index (χ3n) is 2.20. The van der Waals surface area contributed by atoms with Crippen LogP contribution in [0.4, 0.5) is 11.8 Å². The van der Waals surface area contributed by atoms with Gasteiger partial charge in [0, 0.05) is 0 Å². The predicted octanol–water partition coefficient (Wildman–Crippen LogP) is 1.04. The van der Waals surface area contributed by atoms with Gasteiger partial charge in [0.2, 0.25) is 0 Å². The number of aryl methyl sites for hydroxylation is 1. The van der Waals surface area contributed by atoms with Crippen molar-refractivity contribution < 1.29 is 24.1 Å². The van der Waals surface area contributed by atoms with Gasteiger partial charge in [0.15, 0.2) is 0 Å². The van der Waals surface area contributed by atoms with Crippen LogP contribution in [0.2, 0.25) is 0 Å². The van der Waals surface area contributed by atoms with Crippen LogP contribution in [0.5, 0.6) is 0 Å². The molecule has 1 amide bonds. The van der Waals surface area contributed by atoms with Crippen LogP contribution in [-0.4, -0.2) is 46.7 Å². The summed E-state index contributed by atoms with van der Waals surface area (Å²) in [4.78, 5) is 31.7. The third kappa shape index (κ3) is 5.71. The van der Waals surface area contributed by atoms with Crippen molar-refractivity contribution >= 4 is 35.3 Å². The minimum absolute atomic E-state index is 0.0165. The Morgan fingerprint density at radius 1 is 1.67 bits per heavy atom. The Morgan fingerprint density at radius 3 is 3.05 bits per heavy atom. The van der Waals surface area contributed by atoms with Crippen molar-refractivity contribution in [3.05, 3.63) is 28.5 Å². The molecule has 0 aliphatic heterocycles. The molecule has 1 aromatic heterocycles. The first-order chi connectivity index (χ1) is 10.1. The topological polar surface area (TPSA) is 89.3 Å². The number of carbonyl (C=O) groups is 1. The van der Waals surface area contributed by atoms with Crippen molar-refractivity contribution in [3.63, 3.8) is 0 Å². The standard InChI is InChI=1S/C12H12N7O.W/c1-9-5-10(18-12(17-9)16-7-13-2)19(8-14-3)6-11(20)15-4;/h2,5,7H,4,6,8H2,1H3;/q-1;. The average molecular weight is 454 g/mol. The second-order valence-corrected chi connectivity index (χ2v) is 4.47. The van der Waals surface area contributed by atoms with Gasteiger partial charge in [-0.2, -0.15) is 0 Å². The van der Waals surface area contributed by atoms with Gasteiger partial charge in [0.25, 0.3) is 0 Å². The molecule has 0 N–H and O–H groups in total. The second kappa shape index (κ2) is 8.82. The molecule has 0 aliphatic rings. The van der Waals surface area contributed by atoms with Crippen LogP contribution in [0.15, 0.2) is 16.1 Å². The van der Waals surface area contributed by atoms with Gasteiger partial charge in [-0.25, -0.2) is 0 Å². The average Bonchev–Trinajstić information content (AvgIpc) is 2.46. The van der Waals surface area contributed by atoms with E-state index in [1.165, 1.54) is 30.6 Å². The second-order valence-electron chi connectivity index (χ2n) is 3.72. The monoisotopic (exact) mass is 454 g/mol. The number of aliphatic imine (C=N–C) groups is 2. The number of anilines is 1. The molecule has 1 heterocycles. The van der Waals surface area contributed by atoms with Crippen molar-refractivity contribution in [2.75, 3.05) is 18.1 Å². The first-order valence-corrected chi connectivity index (χ1v) is 7.39. The maximum atomic E-state index is 11.4. The summed E-state index contributed by atoms with van der Waals surface area (Å²) >= 11 is 1.21. The van der Waals surface area contributed by atoms with Gasteiger partial charge >= 0.3 is 133 Å². The Labute approximate surface area is 133 Å². The van der Waals surface area contributed by atoms with E-state index in [0.717, 1.165) is 0 Å². The molecule has 9 heteroatoms. The third-order valence-corrected chi connectivity index (χ3v) is 2.63. The molecule has 21 heavy (non-hydrogen) atoms. The summed E-state index contributed by atoms with van der Waals surface area (Å²) in [6.45, 7) is 11.8. The molecule has 0 saturated heterocycles. The Morgan fingerprint density at radius 2 is 2.43 bits per heavy atom. The van der Waals surface area contributed by atoms with Crippen LogP contribution < -0.4 is 4.90 Å². The van der Waals surface area contributed by atoms with Crippen LogP contribution in [0, 0.1) is 13.5 Å².